The standard InChI is InChI=1S/C22H19ClN2O3/c1-15(26)24-18-8-10-19(11-9-18)25-22(27)20-13-17(23)7-12-21(20)28-14-16-5-3-2-4-6-16/h2-13H,14H2,1H3,(H,24,26)(H,25,27). The van der Waals surface area contributed by atoms with Gasteiger partial charge in [0.2, 0.25) is 5.91 Å². The summed E-state index contributed by atoms with van der Waals surface area (Å²) in [6, 6.07) is 21.5. The molecule has 0 fully saturated rings. The Morgan fingerprint density at radius 1 is 0.893 bits per heavy atom. The summed E-state index contributed by atoms with van der Waals surface area (Å²) in [4.78, 5) is 23.8. The Labute approximate surface area is 168 Å². The van der Waals surface area contributed by atoms with Crippen LogP contribution in [0.15, 0.2) is 72.8 Å². The molecular formula is C22H19ClN2O3. The number of hydrogen-bond donors (Lipinski definition) is 2. The second kappa shape index (κ2) is 9.06. The number of nitrogens with one attached hydrogen (secondary N) is 2. The summed E-state index contributed by atoms with van der Waals surface area (Å²) in [6.07, 6.45) is 0. The van der Waals surface area contributed by atoms with E-state index in [1.54, 1.807) is 42.5 Å². The average molecular weight is 395 g/mol. The fourth-order valence-electron chi connectivity index (χ4n) is 2.58. The van der Waals surface area contributed by atoms with Gasteiger partial charge in [-0.15, -0.1) is 0 Å². The first kappa shape index (κ1) is 19.5. The van der Waals surface area contributed by atoms with E-state index in [2.05, 4.69) is 10.6 Å². The molecule has 0 bridgehead atoms. The SMILES string of the molecule is CC(=O)Nc1ccc(NC(=O)c2cc(Cl)ccc2OCc2ccccc2)cc1. The molecule has 0 aliphatic heterocycles. The van der Waals surface area contributed by atoms with Crippen LogP contribution >= 0.6 is 11.6 Å². The van der Waals surface area contributed by atoms with Crippen molar-refractivity contribution < 1.29 is 14.3 Å². The van der Waals surface area contributed by atoms with Crippen molar-refractivity contribution >= 4 is 34.8 Å². The van der Waals surface area contributed by atoms with Crippen molar-refractivity contribution in [3.63, 3.8) is 0 Å². The fourth-order valence-corrected chi connectivity index (χ4v) is 2.75. The highest BCUT2D eigenvalue weighted by atomic mass is 35.5. The average Bonchev–Trinajstić information content (AvgIpc) is 2.69. The van der Waals surface area contributed by atoms with E-state index < -0.39 is 0 Å². The molecule has 142 valence electrons. The van der Waals surface area contributed by atoms with Crippen LogP contribution in [0.3, 0.4) is 0 Å². The van der Waals surface area contributed by atoms with Crippen LogP contribution in [-0.4, -0.2) is 11.8 Å². The van der Waals surface area contributed by atoms with Crippen molar-refractivity contribution in [2.45, 2.75) is 13.5 Å². The van der Waals surface area contributed by atoms with Crippen molar-refractivity contribution in [1.82, 2.24) is 0 Å². The molecule has 0 spiro atoms. The number of rotatable bonds is 6. The van der Waals surface area contributed by atoms with Gasteiger partial charge in [0.15, 0.2) is 0 Å². The molecule has 0 heterocycles. The van der Waals surface area contributed by atoms with Crippen LogP contribution in [0.1, 0.15) is 22.8 Å². The van der Waals surface area contributed by atoms with Crippen molar-refractivity contribution in [2.24, 2.45) is 0 Å². The van der Waals surface area contributed by atoms with Gasteiger partial charge in [0.1, 0.15) is 12.4 Å². The zero-order chi connectivity index (χ0) is 19.9. The lowest BCUT2D eigenvalue weighted by molar-refractivity contribution is -0.114. The molecule has 0 aliphatic rings. The summed E-state index contributed by atoms with van der Waals surface area (Å²) in [5.41, 5.74) is 2.58. The maximum Gasteiger partial charge on any atom is 0.259 e. The van der Waals surface area contributed by atoms with Gasteiger partial charge in [0, 0.05) is 23.3 Å². The van der Waals surface area contributed by atoms with Crippen molar-refractivity contribution in [2.75, 3.05) is 10.6 Å². The molecule has 0 saturated carbocycles. The first-order chi connectivity index (χ1) is 13.5. The molecule has 0 radical (unpaired) electrons. The maximum atomic E-state index is 12.7. The van der Waals surface area contributed by atoms with E-state index in [1.807, 2.05) is 30.3 Å². The number of benzene rings is 3. The topological polar surface area (TPSA) is 67.4 Å². The molecule has 6 heteroatoms. The van der Waals surface area contributed by atoms with Gasteiger partial charge < -0.3 is 15.4 Å². The minimum absolute atomic E-state index is 0.157. The maximum absolute atomic E-state index is 12.7. The van der Waals surface area contributed by atoms with Gasteiger partial charge in [-0.05, 0) is 48.0 Å². The summed E-state index contributed by atoms with van der Waals surface area (Å²) in [5.74, 6) is -0.0469. The molecule has 5 nitrogen and oxygen atoms in total. The lowest BCUT2D eigenvalue weighted by Gasteiger charge is -2.13. The van der Waals surface area contributed by atoms with Gasteiger partial charge in [0.25, 0.3) is 5.91 Å². The predicted octanol–water partition coefficient (Wildman–Crippen LogP) is 5.13. The number of halogens is 1. The van der Waals surface area contributed by atoms with Gasteiger partial charge in [-0.25, -0.2) is 0 Å². The van der Waals surface area contributed by atoms with Gasteiger partial charge in [-0.2, -0.15) is 0 Å². The van der Waals surface area contributed by atoms with Crippen LogP contribution in [0.5, 0.6) is 5.75 Å². The number of carbonyl (C=O) groups is 2. The largest absolute Gasteiger partial charge is 0.488 e. The fraction of sp³-hybridized carbons (Fsp3) is 0.0909. The van der Waals surface area contributed by atoms with E-state index in [4.69, 9.17) is 16.3 Å². The lowest BCUT2D eigenvalue weighted by atomic mass is 10.1. The summed E-state index contributed by atoms with van der Waals surface area (Å²) in [6.45, 7) is 1.78. The monoisotopic (exact) mass is 394 g/mol. The number of carbonyl (C=O) groups excluding carboxylic acids is 2. The summed E-state index contributed by atoms with van der Waals surface area (Å²) in [7, 11) is 0. The van der Waals surface area contributed by atoms with Crippen LogP contribution in [0.4, 0.5) is 11.4 Å². The number of hydrogen-bond acceptors (Lipinski definition) is 3. The molecule has 2 N–H and O–H groups in total. The molecular weight excluding hydrogens is 376 g/mol. The number of amides is 2. The van der Waals surface area contributed by atoms with Crippen molar-refractivity contribution in [3.05, 3.63) is 88.9 Å². The molecule has 0 atom stereocenters. The quantitative estimate of drug-likeness (QED) is 0.609. The summed E-state index contributed by atoms with van der Waals surface area (Å²) in [5, 5.41) is 5.93. The first-order valence-electron chi connectivity index (χ1n) is 8.66. The normalized spacial score (nSPS) is 10.2. The van der Waals surface area contributed by atoms with E-state index >= 15 is 0 Å². The predicted molar refractivity (Wildman–Crippen MR) is 111 cm³/mol. The molecule has 3 aromatic carbocycles. The Balaban J connectivity index is 1.73. The highest BCUT2D eigenvalue weighted by Gasteiger charge is 2.14. The number of ether oxygens (including phenoxy) is 1. The second-order valence-electron chi connectivity index (χ2n) is 6.13. The summed E-state index contributed by atoms with van der Waals surface area (Å²) < 4.78 is 5.83. The Morgan fingerprint density at radius 3 is 2.18 bits per heavy atom. The van der Waals surface area contributed by atoms with Gasteiger partial charge in [-0.1, -0.05) is 41.9 Å². The zero-order valence-electron chi connectivity index (χ0n) is 15.2. The molecule has 3 rings (SSSR count). The molecule has 0 saturated heterocycles. The van der Waals surface area contributed by atoms with Gasteiger partial charge in [-0.3, -0.25) is 9.59 Å². The van der Waals surface area contributed by atoms with E-state index in [9.17, 15) is 9.59 Å². The van der Waals surface area contributed by atoms with Crippen LogP contribution in [0, 0.1) is 0 Å². The smallest absolute Gasteiger partial charge is 0.259 e. The van der Waals surface area contributed by atoms with Crippen molar-refractivity contribution in [3.8, 4) is 5.75 Å². The zero-order valence-corrected chi connectivity index (χ0v) is 16.0. The van der Waals surface area contributed by atoms with Crippen LogP contribution in [0.2, 0.25) is 5.02 Å². The lowest BCUT2D eigenvalue weighted by Crippen LogP contribution is -2.14. The molecule has 28 heavy (non-hydrogen) atoms. The molecule has 3 aromatic rings. The Morgan fingerprint density at radius 2 is 1.54 bits per heavy atom. The van der Waals surface area contributed by atoms with Crippen LogP contribution in [-0.2, 0) is 11.4 Å². The second-order valence-corrected chi connectivity index (χ2v) is 6.56. The van der Waals surface area contributed by atoms with Gasteiger partial charge >= 0.3 is 0 Å². The minimum atomic E-state index is -0.335. The third-order valence-electron chi connectivity index (χ3n) is 3.89. The third-order valence-corrected chi connectivity index (χ3v) is 4.12. The molecule has 0 unspecified atom stereocenters. The minimum Gasteiger partial charge on any atom is -0.488 e. The third kappa shape index (κ3) is 5.34. The van der Waals surface area contributed by atoms with E-state index in [1.165, 1.54) is 6.92 Å². The van der Waals surface area contributed by atoms with E-state index in [-0.39, 0.29) is 11.8 Å². The molecule has 0 aliphatic carbocycles. The summed E-state index contributed by atoms with van der Waals surface area (Å²) >= 11 is 6.07. The van der Waals surface area contributed by atoms with Crippen molar-refractivity contribution in [1.29, 1.82) is 0 Å². The Hall–Kier alpha value is -3.31. The highest BCUT2D eigenvalue weighted by Crippen LogP contribution is 2.25. The first-order valence-corrected chi connectivity index (χ1v) is 9.04. The molecule has 0 aromatic heterocycles. The van der Waals surface area contributed by atoms with Crippen LogP contribution in [0.25, 0.3) is 0 Å². The molecule has 2 amide bonds. The number of anilines is 2. The highest BCUT2D eigenvalue weighted by molar-refractivity contribution is 6.31. The van der Waals surface area contributed by atoms with Gasteiger partial charge in [0.05, 0.1) is 5.56 Å². The van der Waals surface area contributed by atoms with Crippen LogP contribution < -0.4 is 15.4 Å². The van der Waals surface area contributed by atoms with E-state index in [0.29, 0.717) is 34.3 Å². The Kier molecular flexibility index (Phi) is 6.29. The van der Waals surface area contributed by atoms with E-state index in [0.717, 1.165) is 5.56 Å². The Bertz CT molecular complexity index is 973.